The van der Waals surface area contributed by atoms with Gasteiger partial charge < -0.3 is 4.74 Å². The molecule has 1 N–H and O–H groups in total. The maximum absolute atomic E-state index is 12.2. The number of hydrogen-bond acceptors (Lipinski definition) is 3. The molecule has 0 aliphatic heterocycles. The second-order valence-corrected chi connectivity index (χ2v) is 7.62. The van der Waals surface area contributed by atoms with Crippen molar-refractivity contribution < 1.29 is 13.2 Å². The topological polar surface area (TPSA) is 55.4 Å². The van der Waals surface area contributed by atoms with E-state index < -0.39 is 10.0 Å². The van der Waals surface area contributed by atoms with Crippen LogP contribution >= 0.6 is 0 Å². The quantitative estimate of drug-likeness (QED) is 0.845. The van der Waals surface area contributed by atoms with Crippen LogP contribution in [0.4, 0.5) is 0 Å². The summed E-state index contributed by atoms with van der Waals surface area (Å²) in [7, 11) is -3.37. The Morgan fingerprint density at radius 2 is 1.70 bits per heavy atom. The molecular formula is C18H23NO3S. The van der Waals surface area contributed by atoms with Crippen LogP contribution in [0.2, 0.25) is 0 Å². The van der Waals surface area contributed by atoms with Gasteiger partial charge in [0.1, 0.15) is 5.75 Å². The molecule has 0 spiro atoms. The molecule has 2 aromatic rings. The molecule has 0 fully saturated rings. The van der Waals surface area contributed by atoms with Gasteiger partial charge in [0.05, 0.1) is 11.9 Å². The van der Waals surface area contributed by atoms with E-state index >= 15 is 0 Å². The van der Waals surface area contributed by atoms with E-state index in [1.54, 1.807) is 0 Å². The highest BCUT2D eigenvalue weighted by molar-refractivity contribution is 7.88. The molecule has 0 atom stereocenters. The van der Waals surface area contributed by atoms with Gasteiger partial charge in [0.25, 0.3) is 0 Å². The van der Waals surface area contributed by atoms with Crippen LogP contribution < -0.4 is 9.46 Å². The standard InChI is InChI=1S/C18H23NO3S/c1-14(2)22-18-10-8-16(9-11-18)12-19-23(20,21)13-17-7-5-4-6-15(17)3/h4-11,14,19H,12-13H2,1-3H3. The fourth-order valence-corrected chi connectivity index (χ4v) is 3.40. The van der Waals surface area contributed by atoms with E-state index in [1.807, 2.05) is 69.3 Å². The zero-order valence-corrected chi connectivity index (χ0v) is 14.6. The normalized spacial score (nSPS) is 11.7. The summed E-state index contributed by atoms with van der Waals surface area (Å²) in [5.41, 5.74) is 2.70. The van der Waals surface area contributed by atoms with Gasteiger partial charge in [-0.15, -0.1) is 0 Å². The third kappa shape index (κ3) is 5.69. The highest BCUT2D eigenvalue weighted by atomic mass is 32.2. The minimum absolute atomic E-state index is 0.00574. The first kappa shape index (κ1) is 17.5. The lowest BCUT2D eigenvalue weighted by atomic mass is 10.1. The molecule has 4 nitrogen and oxygen atoms in total. The lowest BCUT2D eigenvalue weighted by Crippen LogP contribution is -2.25. The van der Waals surface area contributed by atoms with E-state index in [-0.39, 0.29) is 18.4 Å². The number of rotatable bonds is 7. The van der Waals surface area contributed by atoms with E-state index in [9.17, 15) is 8.42 Å². The average molecular weight is 333 g/mol. The Balaban J connectivity index is 1.95. The van der Waals surface area contributed by atoms with Crippen LogP contribution in [-0.4, -0.2) is 14.5 Å². The average Bonchev–Trinajstić information content (AvgIpc) is 2.48. The third-order valence-corrected chi connectivity index (χ3v) is 4.67. The fourth-order valence-electron chi connectivity index (χ4n) is 2.18. The Morgan fingerprint density at radius 1 is 1.04 bits per heavy atom. The summed E-state index contributed by atoms with van der Waals surface area (Å²) in [6.45, 7) is 6.12. The minimum Gasteiger partial charge on any atom is -0.491 e. The molecule has 5 heteroatoms. The Hall–Kier alpha value is -1.85. The van der Waals surface area contributed by atoms with E-state index in [0.29, 0.717) is 0 Å². The molecule has 2 aromatic carbocycles. The smallest absolute Gasteiger partial charge is 0.216 e. The predicted molar refractivity (Wildman–Crippen MR) is 92.8 cm³/mol. The molecule has 0 unspecified atom stereocenters. The largest absolute Gasteiger partial charge is 0.491 e. The number of ether oxygens (including phenoxy) is 1. The first-order valence-electron chi connectivity index (χ1n) is 7.63. The summed E-state index contributed by atoms with van der Waals surface area (Å²) in [5, 5.41) is 0. The number of sulfonamides is 1. The van der Waals surface area contributed by atoms with E-state index in [4.69, 9.17) is 4.74 Å². The van der Waals surface area contributed by atoms with Crippen LogP contribution in [-0.2, 0) is 22.3 Å². The predicted octanol–water partition coefficient (Wildman–Crippen LogP) is 3.40. The number of benzene rings is 2. The second kappa shape index (κ2) is 7.62. The first-order valence-corrected chi connectivity index (χ1v) is 9.28. The zero-order valence-electron chi connectivity index (χ0n) is 13.7. The van der Waals surface area contributed by atoms with Crippen molar-refractivity contribution in [3.8, 4) is 5.75 Å². The van der Waals surface area contributed by atoms with Crippen molar-refractivity contribution in [1.29, 1.82) is 0 Å². The number of aryl methyl sites for hydroxylation is 1. The van der Waals surface area contributed by atoms with Crippen molar-refractivity contribution in [3.05, 3.63) is 65.2 Å². The SMILES string of the molecule is Cc1ccccc1CS(=O)(=O)NCc1ccc(OC(C)C)cc1. The lowest BCUT2D eigenvalue weighted by Gasteiger charge is -2.11. The van der Waals surface area contributed by atoms with Crippen molar-refractivity contribution >= 4 is 10.0 Å². The second-order valence-electron chi connectivity index (χ2n) is 5.82. The van der Waals surface area contributed by atoms with Gasteiger partial charge >= 0.3 is 0 Å². The van der Waals surface area contributed by atoms with Gasteiger partial charge in [-0.3, -0.25) is 0 Å². The zero-order chi connectivity index (χ0) is 16.9. The number of hydrogen-bond donors (Lipinski definition) is 1. The molecule has 0 aromatic heterocycles. The Morgan fingerprint density at radius 3 is 2.30 bits per heavy atom. The molecule has 0 aliphatic carbocycles. The van der Waals surface area contributed by atoms with Gasteiger partial charge in [0.15, 0.2) is 0 Å². The third-order valence-electron chi connectivity index (χ3n) is 3.40. The highest BCUT2D eigenvalue weighted by Gasteiger charge is 2.12. The Kier molecular flexibility index (Phi) is 5.80. The first-order chi connectivity index (χ1) is 10.9. The van der Waals surface area contributed by atoms with Gasteiger partial charge in [-0.1, -0.05) is 36.4 Å². The van der Waals surface area contributed by atoms with Crippen molar-refractivity contribution in [2.45, 2.75) is 39.2 Å². The minimum atomic E-state index is -3.37. The van der Waals surface area contributed by atoms with Crippen LogP contribution in [0.1, 0.15) is 30.5 Å². The van der Waals surface area contributed by atoms with E-state index in [0.717, 1.165) is 22.4 Å². The van der Waals surface area contributed by atoms with Gasteiger partial charge in [0.2, 0.25) is 10.0 Å². The molecule has 0 radical (unpaired) electrons. The molecule has 0 aliphatic rings. The van der Waals surface area contributed by atoms with Gasteiger partial charge in [-0.05, 0) is 49.6 Å². The van der Waals surface area contributed by atoms with Crippen LogP contribution in [0.5, 0.6) is 5.75 Å². The van der Waals surface area contributed by atoms with Crippen LogP contribution in [0.15, 0.2) is 48.5 Å². The highest BCUT2D eigenvalue weighted by Crippen LogP contribution is 2.15. The van der Waals surface area contributed by atoms with Crippen LogP contribution in [0.3, 0.4) is 0 Å². The summed E-state index contributed by atoms with van der Waals surface area (Å²) in [4.78, 5) is 0. The summed E-state index contributed by atoms with van der Waals surface area (Å²) >= 11 is 0. The molecule has 2 rings (SSSR count). The monoisotopic (exact) mass is 333 g/mol. The van der Waals surface area contributed by atoms with Crippen LogP contribution in [0, 0.1) is 6.92 Å². The molecule has 0 saturated heterocycles. The molecule has 0 amide bonds. The van der Waals surface area contributed by atoms with Gasteiger partial charge in [-0.25, -0.2) is 13.1 Å². The Bertz CT molecular complexity index is 737. The molecule has 124 valence electrons. The summed E-state index contributed by atoms with van der Waals surface area (Å²) in [5.74, 6) is 0.778. The van der Waals surface area contributed by atoms with Crippen LogP contribution in [0.25, 0.3) is 0 Å². The van der Waals surface area contributed by atoms with Gasteiger partial charge in [-0.2, -0.15) is 0 Å². The molecule has 0 saturated carbocycles. The maximum Gasteiger partial charge on any atom is 0.216 e. The molecule has 23 heavy (non-hydrogen) atoms. The van der Waals surface area contributed by atoms with Crippen molar-refractivity contribution in [3.63, 3.8) is 0 Å². The van der Waals surface area contributed by atoms with Crippen molar-refractivity contribution in [2.75, 3.05) is 0 Å². The van der Waals surface area contributed by atoms with Gasteiger partial charge in [0, 0.05) is 6.54 Å². The summed E-state index contributed by atoms with van der Waals surface area (Å²) in [6, 6.07) is 15.0. The Labute approximate surface area is 138 Å². The lowest BCUT2D eigenvalue weighted by molar-refractivity contribution is 0.242. The molecule has 0 bridgehead atoms. The van der Waals surface area contributed by atoms with Crippen molar-refractivity contribution in [2.24, 2.45) is 0 Å². The molecule has 0 heterocycles. The van der Waals surface area contributed by atoms with Crippen molar-refractivity contribution in [1.82, 2.24) is 4.72 Å². The summed E-state index contributed by atoms with van der Waals surface area (Å²) in [6.07, 6.45) is 0.119. The summed E-state index contributed by atoms with van der Waals surface area (Å²) < 4.78 is 32.6. The number of nitrogens with one attached hydrogen (secondary N) is 1. The van der Waals surface area contributed by atoms with E-state index in [2.05, 4.69) is 4.72 Å². The van der Waals surface area contributed by atoms with E-state index in [1.165, 1.54) is 0 Å². The fraction of sp³-hybridized carbons (Fsp3) is 0.333. The maximum atomic E-state index is 12.2. The molecular weight excluding hydrogens is 310 g/mol.